The highest BCUT2D eigenvalue weighted by molar-refractivity contribution is 5.52. The van der Waals surface area contributed by atoms with Crippen LogP contribution in [0.2, 0.25) is 0 Å². The molecule has 0 fully saturated rings. The van der Waals surface area contributed by atoms with Gasteiger partial charge in [-0.15, -0.1) is 0 Å². The molecule has 0 bridgehead atoms. The van der Waals surface area contributed by atoms with Crippen molar-refractivity contribution < 1.29 is 0 Å². The second-order valence-corrected chi connectivity index (χ2v) is 3.42. The monoisotopic (exact) mass is 189 g/mol. The van der Waals surface area contributed by atoms with Crippen molar-refractivity contribution in [3.05, 3.63) is 35.9 Å². The molecule has 2 aromatic rings. The minimum atomic E-state index is 0.966. The van der Waals surface area contributed by atoms with Crippen LogP contribution in [-0.2, 0) is 6.42 Å². The molecule has 3 heteroatoms. The lowest BCUT2D eigenvalue weighted by molar-refractivity contribution is 0.752. The number of aryl methyl sites for hydroxylation is 1. The van der Waals surface area contributed by atoms with Crippen LogP contribution in [0.25, 0.3) is 5.52 Å². The van der Waals surface area contributed by atoms with Crippen LogP contribution >= 0.6 is 0 Å². The van der Waals surface area contributed by atoms with Gasteiger partial charge in [0.2, 0.25) is 0 Å². The normalized spacial score (nSPS) is 11.0. The highest BCUT2D eigenvalue weighted by Crippen LogP contribution is 2.11. The Hall–Kier alpha value is -1.35. The third-order valence-corrected chi connectivity index (χ3v) is 2.40. The lowest BCUT2D eigenvalue weighted by Gasteiger charge is -1.99. The zero-order valence-corrected chi connectivity index (χ0v) is 8.62. The lowest BCUT2D eigenvalue weighted by Crippen LogP contribution is -2.12. The van der Waals surface area contributed by atoms with E-state index in [0.29, 0.717) is 0 Å². The molecular formula is C11H15N3. The maximum atomic E-state index is 4.55. The predicted octanol–water partition coefficient (Wildman–Crippen LogP) is 1.40. The van der Waals surface area contributed by atoms with Gasteiger partial charge in [-0.05, 0) is 26.1 Å². The van der Waals surface area contributed by atoms with Crippen molar-refractivity contribution in [2.45, 2.75) is 13.3 Å². The first-order valence-electron chi connectivity index (χ1n) is 4.90. The van der Waals surface area contributed by atoms with E-state index in [-0.39, 0.29) is 0 Å². The van der Waals surface area contributed by atoms with Gasteiger partial charge in [0.05, 0.1) is 11.2 Å². The number of aromatic nitrogens is 2. The van der Waals surface area contributed by atoms with E-state index >= 15 is 0 Å². The number of hydrogen-bond acceptors (Lipinski definition) is 2. The quantitative estimate of drug-likeness (QED) is 0.791. The topological polar surface area (TPSA) is 29.3 Å². The summed E-state index contributed by atoms with van der Waals surface area (Å²) in [4.78, 5) is 4.55. The van der Waals surface area contributed by atoms with Gasteiger partial charge in [-0.2, -0.15) is 0 Å². The number of fused-ring (bicyclic) bond motifs is 1. The largest absolute Gasteiger partial charge is 0.319 e. The van der Waals surface area contributed by atoms with Gasteiger partial charge in [0.15, 0.2) is 0 Å². The van der Waals surface area contributed by atoms with E-state index in [4.69, 9.17) is 0 Å². The first kappa shape index (κ1) is 9.21. The van der Waals surface area contributed by atoms with Crippen LogP contribution in [0.15, 0.2) is 24.4 Å². The number of nitrogens with zero attached hydrogens (tertiary/aromatic N) is 2. The summed E-state index contributed by atoms with van der Waals surface area (Å²) in [7, 11) is 1.96. The Morgan fingerprint density at radius 3 is 3.07 bits per heavy atom. The summed E-state index contributed by atoms with van der Waals surface area (Å²) in [5.41, 5.74) is 2.32. The Morgan fingerprint density at radius 1 is 1.43 bits per heavy atom. The highest BCUT2D eigenvalue weighted by atomic mass is 15.0. The number of likely N-dealkylation sites (N-methyl/N-ethyl adjacent to an activating group) is 1. The van der Waals surface area contributed by atoms with Crippen LogP contribution in [0.3, 0.4) is 0 Å². The van der Waals surface area contributed by atoms with Crippen molar-refractivity contribution in [3.8, 4) is 0 Å². The second kappa shape index (κ2) is 3.80. The second-order valence-electron chi connectivity index (χ2n) is 3.42. The van der Waals surface area contributed by atoms with Gasteiger partial charge >= 0.3 is 0 Å². The molecule has 2 aromatic heterocycles. The summed E-state index contributed by atoms with van der Waals surface area (Å²) in [6.45, 7) is 3.02. The third-order valence-electron chi connectivity index (χ3n) is 2.40. The summed E-state index contributed by atoms with van der Waals surface area (Å²) >= 11 is 0. The van der Waals surface area contributed by atoms with E-state index in [9.17, 15) is 0 Å². The molecule has 0 aromatic carbocycles. The molecule has 0 saturated carbocycles. The molecule has 0 aliphatic carbocycles. The molecule has 0 aliphatic heterocycles. The molecule has 0 aliphatic rings. The zero-order chi connectivity index (χ0) is 9.97. The molecule has 2 rings (SSSR count). The fourth-order valence-corrected chi connectivity index (χ4v) is 1.68. The Balaban J connectivity index is 2.44. The number of pyridine rings is 1. The molecule has 3 nitrogen and oxygen atoms in total. The summed E-state index contributed by atoms with van der Waals surface area (Å²) in [5.74, 6) is 1.13. The average molecular weight is 189 g/mol. The Kier molecular flexibility index (Phi) is 2.50. The lowest BCUT2D eigenvalue weighted by atomic mass is 10.3. The molecule has 0 radical (unpaired) electrons. The van der Waals surface area contributed by atoms with E-state index < -0.39 is 0 Å². The zero-order valence-electron chi connectivity index (χ0n) is 8.62. The van der Waals surface area contributed by atoms with E-state index in [1.54, 1.807) is 0 Å². The number of rotatable bonds is 3. The van der Waals surface area contributed by atoms with Gasteiger partial charge in [-0.1, -0.05) is 6.07 Å². The van der Waals surface area contributed by atoms with Crippen LogP contribution in [0, 0.1) is 6.92 Å². The number of imidazole rings is 1. The van der Waals surface area contributed by atoms with Crippen molar-refractivity contribution >= 4 is 5.52 Å². The van der Waals surface area contributed by atoms with Crippen molar-refractivity contribution in [2.75, 3.05) is 13.6 Å². The first-order valence-corrected chi connectivity index (χ1v) is 4.90. The standard InChI is InChI=1S/C11H15N3/c1-9-10-5-3-4-8-14(10)11(13-9)6-7-12-2/h3-5,8,12H,6-7H2,1-2H3. The van der Waals surface area contributed by atoms with E-state index in [0.717, 1.165) is 24.5 Å². The fourth-order valence-electron chi connectivity index (χ4n) is 1.68. The molecule has 74 valence electrons. The fraction of sp³-hybridized carbons (Fsp3) is 0.364. The molecule has 0 amide bonds. The molecule has 14 heavy (non-hydrogen) atoms. The number of hydrogen-bond donors (Lipinski definition) is 1. The molecule has 0 atom stereocenters. The SMILES string of the molecule is CNCCc1nc(C)c2ccccn12. The summed E-state index contributed by atoms with van der Waals surface area (Å²) in [6.07, 6.45) is 3.04. The van der Waals surface area contributed by atoms with E-state index in [2.05, 4.69) is 33.9 Å². The predicted molar refractivity (Wildman–Crippen MR) is 57.6 cm³/mol. The molecule has 0 spiro atoms. The molecule has 0 unspecified atom stereocenters. The van der Waals surface area contributed by atoms with Gasteiger partial charge in [0.25, 0.3) is 0 Å². The van der Waals surface area contributed by atoms with E-state index in [1.165, 1.54) is 5.52 Å². The molecule has 0 saturated heterocycles. The Labute approximate surface area is 83.8 Å². The van der Waals surface area contributed by atoms with Crippen LogP contribution < -0.4 is 5.32 Å². The smallest absolute Gasteiger partial charge is 0.114 e. The van der Waals surface area contributed by atoms with Crippen molar-refractivity contribution in [3.63, 3.8) is 0 Å². The van der Waals surface area contributed by atoms with Gasteiger partial charge in [0.1, 0.15) is 5.82 Å². The third kappa shape index (κ3) is 1.51. The van der Waals surface area contributed by atoms with Crippen molar-refractivity contribution in [1.82, 2.24) is 14.7 Å². The van der Waals surface area contributed by atoms with Crippen molar-refractivity contribution in [1.29, 1.82) is 0 Å². The van der Waals surface area contributed by atoms with Crippen LogP contribution in [0.5, 0.6) is 0 Å². The maximum absolute atomic E-state index is 4.55. The minimum absolute atomic E-state index is 0.966. The Bertz CT molecular complexity index is 431. The molecule has 1 N–H and O–H groups in total. The van der Waals surface area contributed by atoms with Gasteiger partial charge in [-0.25, -0.2) is 4.98 Å². The van der Waals surface area contributed by atoms with Crippen LogP contribution in [-0.4, -0.2) is 23.0 Å². The summed E-state index contributed by atoms with van der Waals surface area (Å²) < 4.78 is 2.16. The van der Waals surface area contributed by atoms with Crippen LogP contribution in [0.4, 0.5) is 0 Å². The molecular weight excluding hydrogens is 174 g/mol. The van der Waals surface area contributed by atoms with E-state index in [1.807, 2.05) is 19.2 Å². The summed E-state index contributed by atoms with van der Waals surface area (Å²) in [5, 5.41) is 3.14. The van der Waals surface area contributed by atoms with Gasteiger partial charge < -0.3 is 9.72 Å². The van der Waals surface area contributed by atoms with Gasteiger partial charge in [0, 0.05) is 19.2 Å². The highest BCUT2D eigenvalue weighted by Gasteiger charge is 2.05. The average Bonchev–Trinajstić information content (AvgIpc) is 2.54. The summed E-state index contributed by atoms with van der Waals surface area (Å²) in [6, 6.07) is 6.19. The van der Waals surface area contributed by atoms with Gasteiger partial charge in [-0.3, -0.25) is 0 Å². The van der Waals surface area contributed by atoms with Crippen LogP contribution in [0.1, 0.15) is 11.5 Å². The maximum Gasteiger partial charge on any atom is 0.114 e. The first-order chi connectivity index (χ1) is 6.83. The van der Waals surface area contributed by atoms with Crippen molar-refractivity contribution in [2.24, 2.45) is 0 Å². The Morgan fingerprint density at radius 2 is 2.29 bits per heavy atom. The minimum Gasteiger partial charge on any atom is -0.319 e. The number of nitrogens with one attached hydrogen (secondary N) is 1. The molecule has 2 heterocycles.